The van der Waals surface area contributed by atoms with Crippen molar-refractivity contribution in [2.24, 2.45) is 0 Å². The van der Waals surface area contributed by atoms with E-state index in [2.05, 4.69) is 16.0 Å². The van der Waals surface area contributed by atoms with Gasteiger partial charge in [-0.2, -0.15) is 0 Å². The highest BCUT2D eigenvalue weighted by Crippen LogP contribution is 2.30. The molecule has 1 N–H and O–H groups in total. The third-order valence-corrected chi connectivity index (χ3v) is 3.27. The van der Waals surface area contributed by atoms with Crippen molar-refractivity contribution in [2.45, 2.75) is 19.3 Å². The van der Waals surface area contributed by atoms with Gasteiger partial charge in [0.25, 0.3) is 11.4 Å². The summed E-state index contributed by atoms with van der Waals surface area (Å²) in [6.07, 6.45) is 4.69. The van der Waals surface area contributed by atoms with E-state index >= 15 is 0 Å². The van der Waals surface area contributed by atoms with Crippen molar-refractivity contribution in [1.82, 2.24) is 9.97 Å². The number of rotatable bonds is 3. The monoisotopic (exact) mass is 258 g/mol. The van der Waals surface area contributed by atoms with Gasteiger partial charge < -0.3 is 14.5 Å². The number of H-pyrrole nitrogens is 1. The average Bonchev–Trinajstić information content (AvgIpc) is 2.86. The SMILES string of the molecule is COc1c(Oc2ccc3c(c2)CCC3)nc[nH]c1=O. The maximum Gasteiger partial charge on any atom is 0.297 e. The van der Waals surface area contributed by atoms with Gasteiger partial charge in [0.15, 0.2) is 0 Å². The van der Waals surface area contributed by atoms with Crippen molar-refractivity contribution in [1.29, 1.82) is 0 Å². The van der Waals surface area contributed by atoms with Crippen molar-refractivity contribution in [3.05, 3.63) is 46.0 Å². The zero-order valence-corrected chi connectivity index (χ0v) is 10.6. The smallest absolute Gasteiger partial charge is 0.297 e. The average molecular weight is 258 g/mol. The summed E-state index contributed by atoms with van der Waals surface area (Å²) in [6.45, 7) is 0. The maximum atomic E-state index is 11.5. The largest absolute Gasteiger partial charge is 0.487 e. The molecule has 1 aromatic carbocycles. The number of aromatic amines is 1. The van der Waals surface area contributed by atoms with Crippen LogP contribution in [0.1, 0.15) is 17.5 Å². The Morgan fingerprint density at radius 3 is 2.95 bits per heavy atom. The molecular weight excluding hydrogens is 244 g/mol. The van der Waals surface area contributed by atoms with Gasteiger partial charge in [0, 0.05) is 0 Å². The molecule has 3 rings (SSSR count). The molecule has 1 aliphatic rings. The first-order valence-corrected chi connectivity index (χ1v) is 6.19. The van der Waals surface area contributed by atoms with Crippen molar-refractivity contribution in [3.63, 3.8) is 0 Å². The molecule has 0 fully saturated rings. The van der Waals surface area contributed by atoms with Crippen LogP contribution in [-0.4, -0.2) is 17.1 Å². The molecule has 1 aromatic heterocycles. The van der Waals surface area contributed by atoms with Crippen LogP contribution in [0.5, 0.6) is 17.4 Å². The van der Waals surface area contributed by atoms with Crippen LogP contribution < -0.4 is 15.0 Å². The summed E-state index contributed by atoms with van der Waals surface area (Å²) in [6, 6.07) is 5.97. The van der Waals surface area contributed by atoms with Crippen LogP contribution in [0.4, 0.5) is 0 Å². The van der Waals surface area contributed by atoms with Crippen molar-refractivity contribution in [2.75, 3.05) is 7.11 Å². The second-order valence-electron chi connectivity index (χ2n) is 4.46. The molecule has 2 aromatic rings. The van der Waals surface area contributed by atoms with Gasteiger partial charge in [-0.25, -0.2) is 4.98 Å². The zero-order chi connectivity index (χ0) is 13.2. The summed E-state index contributed by atoms with van der Waals surface area (Å²) >= 11 is 0. The molecule has 1 aliphatic carbocycles. The Bertz CT molecular complexity index is 664. The van der Waals surface area contributed by atoms with E-state index in [0.717, 1.165) is 12.8 Å². The molecule has 0 unspecified atom stereocenters. The van der Waals surface area contributed by atoms with Gasteiger partial charge in [0.1, 0.15) is 5.75 Å². The minimum Gasteiger partial charge on any atom is -0.487 e. The number of hydrogen-bond acceptors (Lipinski definition) is 4. The lowest BCUT2D eigenvalue weighted by Gasteiger charge is -2.09. The topological polar surface area (TPSA) is 64.2 Å². The van der Waals surface area contributed by atoms with Crippen LogP contribution >= 0.6 is 0 Å². The number of benzene rings is 1. The molecule has 0 radical (unpaired) electrons. The number of fused-ring (bicyclic) bond motifs is 1. The lowest BCUT2D eigenvalue weighted by atomic mass is 10.1. The lowest BCUT2D eigenvalue weighted by molar-refractivity contribution is 0.363. The van der Waals surface area contributed by atoms with E-state index in [-0.39, 0.29) is 17.2 Å². The highest BCUT2D eigenvalue weighted by molar-refractivity contribution is 5.41. The molecule has 0 saturated carbocycles. The Labute approximate surface area is 110 Å². The number of ether oxygens (including phenoxy) is 2. The van der Waals surface area contributed by atoms with Gasteiger partial charge >= 0.3 is 0 Å². The third kappa shape index (κ3) is 2.19. The lowest BCUT2D eigenvalue weighted by Crippen LogP contribution is -2.10. The molecule has 5 heteroatoms. The quantitative estimate of drug-likeness (QED) is 0.915. The molecule has 0 aliphatic heterocycles. The molecule has 98 valence electrons. The van der Waals surface area contributed by atoms with E-state index in [9.17, 15) is 4.79 Å². The van der Waals surface area contributed by atoms with Gasteiger partial charge in [-0.3, -0.25) is 4.79 Å². The number of aryl methyl sites for hydroxylation is 2. The first kappa shape index (κ1) is 11.8. The van der Waals surface area contributed by atoms with Crippen molar-refractivity contribution < 1.29 is 9.47 Å². The van der Waals surface area contributed by atoms with E-state index in [0.29, 0.717) is 5.75 Å². The maximum absolute atomic E-state index is 11.5. The molecule has 0 bridgehead atoms. The fraction of sp³-hybridized carbons (Fsp3) is 0.286. The number of hydrogen-bond donors (Lipinski definition) is 1. The number of nitrogens with one attached hydrogen (secondary N) is 1. The molecule has 0 amide bonds. The summed E-state index contributed by atoms with van der Waals surface area (Å²) in [5, 5.41) is 0. The minimum atomic E-state index is -0.353. The van der Waals surface area contributed by atoms with Gasteiger partial charge in [-0.1, -0.05) is 6.07 Å². The van der Waals surface area contributed by atoms with E-state index in [1.54, 1.807) is 0 Å². The fourth-order valence-electron chi connectivity index (χ4n) is 2.35. The van der Waals surface area contributed by atoms with Gasteiger partial charge in [0.05, 0.1) is 13.4 Å². The Kier molecular flexibility index (Phi) is 2.95. The predicted octanol–water partition coefficient (Wildman–Crippen LogP) is 2.06. The van der Waals surface area contributed by atoms with Gasteiger partial charge in [-0.15, -0.1) is 0 Å². The Balaban J connectivity index is 1.93. The summed E-state index contributed by atoms with van der Waals surface area (Å²) < 4.78 is 10.7. The molecule has 5 nitrogen and oxygen atoms in total. The second-order valence-corrected chi connectivity index (χ2v) is 4.46. The fourth-order valence-corrected chi connectivity index (χ4v) is 2.35. The minimum absolute atomic E-state index is 0.0861. The van der Waals surface area contributed by atoms with E-state index < -0.39 is 0 Å². The standard InChI is InChI=1S/C14H14N2O3/c1-18-12-13(17)15-8-16-14(12)19-11-6-5-9-3-2-4-10(9)7-11/h5-8H,2-4H2,1H3,(H,15,16,17). The first-order chi connectivity index (χ1) is 9.28. The van der Waals surface area contributed by atoms with Crippen LogP contribution in [0.15, 0.2) is 29.3 Å². The van der Waals surface area contributed by atoms with Crippen molar-refractivity contribution >= 4 is 0 Å². The number of methoxy groups -OCH3 is 1. The number of aromatic nitrogens is 2. The van der Waals surface area contributed by atoms with Crippen LogP contribution in [0.2, 0.25) is 0 Å². The van der Waals surface area contributed by atoms with Gasteiger partial charge in [-0.05, 0) is 42.5 Å². The van der Waals surface area contributed by atoms with E-state index in [1.807, 2.05) is 12.1 Å². The van der Waals surface area contributed by atoms with Crippen LogP contribution in [0.3, 0.4) is 0 Å². The molecule has 0 atom stereocenters. The summed E-state index contributed by atoms with van der Waals surface area (Å²) in [5.41, 5.74) is 2.33. The first-order valence-electron chi connectivity index (χ1n) is 6.19. The van der Waals surface area contributed by atoms with E-state index in [1.165, 1.54) is 31.0 Å². The third-order valence-electron chi connectivity index (χ3n) is 3.27. The van der Waals surface area contributed by atoms with Gasteiger partial charge in [0.2, 0.25) is 5.75 Å². The number of nitrogens with zero attached hydrogens (tertiary/aromatic N) is 1. The molecule has 0 spiro atoms. The summed E-state index contributed by atoms with van der Waals surface area (Å²) in [7, 11) is 1.42. The van der Waals surface area contributed by atoms with Crippen molar-refractivity contribution in [3.8, 4) is 17.4 Å². The molecule has 1 heterocycles. The van der Waals surface area contributed by atoms with Crippen LogP contribution in [0, 0.1) is 0 Å². The molecule has 0 saturated heterocycles. The highest BCUT2D eigenvalue weighted by atomic mass is 16.5. The Morgan fingerprint density at radius 1 is 1.26 bits per heavy atom. The highest BCUT2D eigenvalue weighted by Gasteiger charge is 2.14. The Hall–Kier alpha value is -2.30. The Morgan fingerprint density at radius 2 is 2.11 bits per heavy atom. The van der Waals surface area contributed by atoms with Crippen LogP contribution in [0.25, 0.3) is 0 Å². The predicted molar refractivity (Wildman–Crippen MR) is 70.0 cm³/mol. The summed E-state index contributed by atoms with van der Waals surface area (Å²) in [5.74, 6) is 0.948. The molecular formula is C14H14N2O3. The molecule has 19 heavy (non-hydrogen) atoms. The van der Waals surface area contributed by atoms with E-state index in [4.69, 9.17) is 9.47 Å². The van der Waals surface area contributed by atoms with Crippen LogP contribution in [-0.2, 0) is 12.8 Å². The second kappa shape index (κ2) is 4.76. The summed E-state index contributed by atoms with van der Waals surface area (Å²) in [4.78, 5) is 18.0. The zero-order valence-electron chi connectivity index (χ0n) is 10.6. The normalized spacial score (nSPS) is 13.1.